The summed E-state index contributed by atoms with van der Waals surface area (Å²) in [6, 6.07) is 7.63. The van der Waals surface area contributed by atoms with Crippen molar-refractivity contribution in [1.82, 2.24) is 9.80 Å². The number of carbonyl (C=O) groups excluding carboxylic acids is 1. The molecule has 0 spiro atoms. The fourth-order valence-electron chi connectivity index (χ4n) is 3.45. The highest BCUT2D eigenvalue weighted by atomic mass is 32.2. The van der Waals surface area contributed by atoms with Crippen molar-refractivity contribution in [3.8, 4) is 0 Å². The number of benzene rings is 1. The van der Waals surface area contributed by atoms with Crippen LogP contribution in [0.15, 0.2) is 24.3 Å². The smallest absolute Gasteiger partial charge is 0.253 e. The van der Waals surface area contributed by atoms with Crippen LogP contribution in [-0.4, -0.2) is 75.0 Å². The van der Waals surface area contributed by atoms with Crippen LogP contribution in [-0.2, 0) is 21.2 Å². The highest BCUT2D eigenvalue weighted by Gasteiger charge is 2.34. The zero-order valence-corrected chi connectivity index (χ0v) is 14.8. The van der Waals surface area contributed by atoms with E-state index in [9.17, 15) is 13.2 Å². The highest BCUT2D eigenvalue weighted by molar-refractivity contribution is 7.91. The number of hydrogen-bond acceptors (Lipinski definition) is 5. The molecule has 2 aliphatic rings. The normalized spacial score (nSPS) is 24.2. The predicted octanol–water partition coefficient (Wildman–Crippen LogP) is 0.778. The van der Waals surface area contributed by atoms with Crippen molar-refractivity contribution in [2.24, 2.45) is 0 Å². The van der Waals surface area contributed by atoms with E-state index in [-0.39, 0.29) is 17.7 Å². The lowest BCUT2D eigenvalue weighted by molar-refractivity contribution is 0.0587. The molecule has 0 bridgehead atoms. The summed E-state index contributed by atoms with van der Waals surface area (Å²) in [6.07, 6.45) is 0.719. The number of piperazine rings is 1. The molecule has 2 fully saturated rings. The third-order valence-corrected chi connectivity index (χ3v) is 6.59. The minimum atomic E-state index is -2.86. The van der Waals surface area contributed by atoms with Gasteiger partial charge in [0.15, 0.2) is 9.84 Å². The first-order valence-corrected chi connectivity index (χ1v) is 10.1. The molecular weight excluding hydrogens is 328 g/mol. The zero-order chi connectivity index (χ0) is 17.2. The molecule has 1 atom stereocenters. The molecule has 0 aromatic heterocycles. The fraction of sp³-hybridized carbons (Fsp3) is 0.588. The van der Waals surface area contributed by atoms with Crippen LogP contribution in [0.1, 0.15) is 22.3 Å². The van der Waals surface area contributed by atoms with E-state index in [1.807, 2.05) is 29.2 Å². The molecule has 0 radical (unpaired) electrons. The number of rotatable bonds is 4. The third-order valence-electron chi connectivity index (χ3n) is 4.84. The van der Waals surface area contributed by atoms with Gasteiger partial charge in [-0.2, -0.15) is 0 Å². The van der Waals surface area contributed by atoms with Gasteiger partial charge in [0, 0.05) is 44.9 Å². The number of carbonyl (C=O) groups is 1. The van der Waals surface area contributed by atoms with E-state index >= 15 is 0 Å². The largest absolute Gasteiger partial charge is 0.380 e. The molecule has 0 aliphatic carbocycles. The van der Waals surface area contributed by atoms with E-state index in [2.05, 4.69) is 4.90 Å². The molecule has 1 aromatic carbocycles. The summed E-state index contributed by atoms with van der Waals surface area (Å²) in [7, 11) is -1.21. The molecule has 132 valence electrons. The molecule has 2 heterocycles. The molecule has 1 amide bonds. The van der Waals surface area contributed by atoms with Gasteiger partial charge in [0.2, 0.25) is 0 Å². The van der Waals surface area contributed by atoms with Gasteiger partial charge in [-0.3, -0.25) is 9.69 Å². The van der Waals surface area contributed by atoms with Gasteiger partial charge < -0.3 is 9.64 Å². The van der Waals surface area contributed by atoms with Gasteiger partial charge >= 0.3 is 0 Å². The highest BCUT2D eigenvalue weighted by Crippen LogP contribution is 2.20. The summed E-state index contributed by atoms with van der Waals surface area (Å²) < 4.78 is 28.3. The average Bonchev–Trinajstić information content (AvgIpc) is 2.95. The lowest BCUT2D eigenvalue weighted by atomic mass is 10.1. The summed E-state index contributed by atoms with van der Waals surface area (Å²) in [5.74, 6) is 0.602. The van der Waals surface area contributed by atoms with Crippen molar-refractivity contribution >= 4 is 15.7 Å². The molecule has 2 aliphatic heterocycles. The monoisotopic (exact) mass is 352 g/mol. The van der Waals surface area contributed by atoms with Crippen LogP contribution < -0.4 is 0 Å². The van der Waals surface area contributed by atoms with Crippen LogP contribution >= 0.6 is 0 Å². The Balaban J connectivity index is 1.55. The van der Waals surface area contributed by atoms with Crippen molar-refractivity contribution in [2.45, 2.75) is 19.1 Å². The van der Waals surface area contributed by atoms with Crippen LogP contribution in [0, 0.1) is 0 Å². The Bertz CT molecular complexity index is 679. The Morgan fingerprint density at radius 2 is 1.83 bits per heavy atom. The number of amides is 1. The molecular formula is C17H24N2O4S. The molecule has 0 N–H and O–H groups in total. The van der Waals surface area contributed by atoms with Crippen LogP contribution in [0.25, 0.3) is 0 Å². The molecule has 0 saturated carbocycles. The first-order chi connectivity index (χ1) is 11.5. The number of ether oxygens (including phenoxy) is 1. The maximum absolute atomic E-state index is 12.6. The average molecular weight is 352 g/mol. The van der Waals surface area contributed by atoms with Gasteiger partial charge in [-0.05, 0) is 24.1 Å². The van der Waals surface area contributed by atoms with E-state index in [1.165, 1.54) is 0 Å². The molecule has 24 heavy (non-hydrogen) atoms. The standard InChI is InChI=1S/C17H24N2O4S/c1-23-12-14-2-4-15(5-3-14)17(20)19-9-7-18(8-10-19)16-6-11-24(21,22)13-16/h2-5,16H,6-13H2,1H3/t16-/m0/s1. The molecule has 2 saturated heterocycles. The van der Waals surface area contributed by atoms with Crippen molar-refractivity contribution < 1.29 is 17.9 Å². The zero-order valence-electron chi connectivity index (χ0n) is 14.0. The topological polar surface area (TPSA) is 66.9 Å². The third kappa shape index (κ3) is 3.96. The quantitative estimate of drug-likeness (QED) is 0.801. The Morgan fingerprint density at radius 3 is 2.38 bits per heavy atom. The number of nitrogens with zero attached hydrogens (tertiary/aromatic N) is 2. The lowest BCUT2D eigenvalue weighted by Crippen LogP contribution is -2.52. The molecule has 1 aromatic rings. The summed E-state index contributed by atoms with van der Waals surface area (Å²) in [5.41, 5.74) is 1.73. The first-order valence-electron chi connectivity index (χ1n) is 8.30. The van der Waals surface area contributed by atoms with E-state index < -0.39 is 9.84 Å². The maximum atomic E-state index is 12.6. The lowest BCUT2D eigenvalue weighted by Gasteiger charge is -2.37. The second-order valence-electron chi connectivity index (χ2n) is 6.51. The Morgan fingerprint density at radius 1 is 1.17 bits per heavy atom. The Hall–Kier alpha value is -1.44. The molecule has 3 rings (SSSR count). The minimum Gasteiger partial charge on any atom is -0.380 e. The van der Waals surface area contributed by atoms with Gasteiger partial charge in [-0.15, -0.1) is 0 Å². The summed E-state index contributed by atoms with van der Waals surface area (Å²) in [4.78, 5) is 16.7. The van der Waals surface area contributed by atoms with E-state index in [0.29, 0.717) is 31.0 Å². The first kappa shape index (κ1) is 17.4. The number of methoxy groups -OCH3 is 1. The van der Waals surface area contributed by atoms with E-state index in [4.69, 9.17) is 4.74 Å². The second-order valence-corrected chi connectivity index (χ2v) is 8.74. The Labute approximate surface area is 143 Å². The molecule has 7 heteroatoms. The van der Waals surface area contributed by atoms with E-state index in [0.717, 1.165) is 25.1 Å². The number of sulfone groups is 1. The predicted molar refractivity (Wildman–Crippen MR) is 91.7 cm³/mol. The van der Waals surface area contributed by atoms with Crippen molar-refractivity contribution in [2.75, 3.05) is 44.8 Å². The van der Waals surface area contributed by atoms with E-state index in [1.54, 1.807) is 7.11 Å². The summed E-state index contributed by atoms with van der Waals surface area (Å²) in [6.45, 7) is 3.32. The molecule has 0 unspecified atom stereocenters. The van der Waals surface area contributed by atoms with Crippen LogP contribution in [0.3, 0.4) is 0 Å². The van der Waals surface area contributed by atoms with Crippen LogP contribution in [0.2, 0.25) is 0 Å². The summed E-state index contributed by atoms with van der Waals surface area (Å²) in [5, 5.41) is 0. The van der Waals surface area contributed by atoms with Crippen LogP contribution in [0.4, 0.5) is 0 Å². The fourth-order valence-corrected chi connectivity index (χ4v) is 5.21. The van der Waals surface area contributed by atoms with Gasteiger partial charge in [0.05, 0.1) is 18.1 Å². The van der Waals surface area contributed by atoms with Gasteiger partial charge in [0.25, 0.3) is 5.91 Å². The SMILES string of the molecule is COCc1ccc(C(=O)N2CCN([C@H]3CCS(=O)(=O)C3)CC2)cc1. The van der Waals surface area contributed by atoms with Gasteiger partial charge in [-0.1, -0.05) is 12.1 Å². The summed E-state index contributed by atoms with van der Waals surface area (Å²) >= 11 is 0. The van der Waals surface area contributed by atoms with Crippen molar-refractivity contribution in [1.29, 1.82) is 0 Å². The number of hydrogen-bond donors (Lipinski definition) is 0. The minimum absolute atomic E-state index is 0.0395. The van der Waals surface area contributed by atoms with Crippen molar-refractivity contribution in [3.05, 3.63) is 35.4 Å². The maximum Gasteiger partial charge on any atom is 0.253 e. The Kier molecular flexibility index (Phi) is 5.22. The van der Waals surface area contributed by atoms with Crippen LogP contribution in [0.5, 0.6) is 0 Å². The molecule has 6 nitrogen and oxygen atoms in total. The second kappa shape index (κ2) is 7.21. The van der Waals surface area contributed by atoms with Gasteiger partial charge in [0.1, 0.15) is 0 Å². The van der Waals surface area contributed by atoms with Gasteiger partial charge in [-0.25, -0.2) is 8.42 Å². The van der Waals surface area contributed by atoms with Crippen molar-refractivity contribution in [3.63, 3.8) is 0 Å².